The van der Waals surface area contributed by atoms with Gasteiger partial charge >= 0.3 is 58.4 Å². The number of rotatable bonds is 2. The van der Waals surface area contributed by atoms with Crippen LogP contribution >= 0.6 is 0 Å². The fraction of sp³-hybridized carbons (Fsp3) is 1.00. The van der Waals surface area contributed by atoms with Crippen molar-refractivity contribution in [3.8, 4) is 0 Å². The van der Waals surface area contributed by atoms with Gasteiger partial charge in [0, 0.05) is 5.41 Å². The van der Waals surface area contributed by atoms with Crippen molar-refractivity contribution in [2.75, 3.05) is 0 Å². The monoisotopic (exact) mass is 224 g/mol. The van der Waals surface area contributed by atoms with Gasteiger partial charge in [0.1, 0.15) is 0 Å². The van der Waals surface area contributed by atoms with Gasteiger partial charge in [0.2, 0.25) is 6.43 Å². The molecule has 70 valence electrons. The molecule has 0 saturated heterocycles. The van der Waals surface area contributed by atoms with Crippen LogP contribution in [0.5, 0.6) is 0 Å². The van der Waals surface area contributed by atoms with Crippen LogP contribution in [0.4, 0.5) is 21.7 Å². The third-order valence-electron chi connectivity index (χ3n) is 3.27. The maximum atomic E-state index is 12.2. The van der Waals surface area contributed by atoms with Gasteiger partial charge in [-0.05, 0) is 0 Å². The van der Waals surface area contributed by atoms with Crippen molar-refractivity contribution in [2.24, 2.45) is 5.41 Å². The van der Waals surface area contributed by atoms with Crippen molar-refractivity contribution in [1.29, 1.82) is 0 Å². The van der Waals surface area contributed by atoms with Crippen molar-refractivity contribution in [1.82, 2.24) is 0 Å². The third kappa shape index (κ3) is 1.46. The Morgan fingerprint density at radius 3 is 1.62 bits per heavy atom. The van der Waals surface area contributed by atoms with Gasteiger partial charge in [-0.2, -0.15) is 0 Å². The van der Waals surface area contributed by atoms with Crippen LogP contribution in [0, 0.1) is 5.41 Å². The summed E-state index contributed by atoms with van der Waals surface area (Å²) in [6.45, 7) is -4.90. The molecule has 0 atom stereocenters. The first-order chi connectivity index (χ1) is 5.31. The van der Waals surface area contributed by atoms with Gasteiger partial charge in [0.05, 0.1) is 0 Å². The van der Waals surface area contributed by atoms with Crippen molar-refractivity contribution >= 4 is 6.98 Å². The number of halogens is 5. The molecule has 7 heteroatoms. The number of alkyl halides is 2. The summed E-state index contributed by atoms with van der Waals surface area (Å²) in [4.78, 5) is 0. The van der Waals surface area contributed by atoms with Crippen LogP contribution in [0.3, 0.4) is 0 Å². The molecule has 0 heterocycles. The summed E-state index contributed by atoms with van der Waals surface area (Å²) in [7, 11) is 0. The van der Waals surface area contributed by atoms with Crippen LogP contribution in [0.2, 0.25) is 5.31 Å². The molecular formula is C6H7BF5K. The van der Waals surface area contributed by atoms with Gasteiger partial charge in [-0.25, -0.2) is 8.78 Å². The Morgan fingerprint density at radius 1 is 1.00 bits per heavy atom. The molecule has 0 unspecified atom stereocenters. The zero-order valence-corrected chi connectivity index (χ0v) is 10.3. The zero-order valence-electron chi connectivity index (χ0n) is 7.17. The Kier molecular flexibility index (Phi) is 3.03. The van der Waals surface area contributed by atoms with Gasteiger partial charge in [-0.3, -0.25) is 0 Å². The van der Waals surface area contributed by atoms with E-state index in [9.17, 15) is 21.7 Å². The molecule has 0 aromatic heterocycles. The molecule has 0 spiro atoms. The molecule has 3 aliphatic rings. The molecule has 3 aliphatic carbocycles. The number of hydrogen-bond donors (Lipinski definition) is 0. The minimum absolute atomic E-state index is 0. The molecule has 3 saturated carbocycles. The zero-order chi connectivity index (χ0) is 9.20. The fourth-order valence-corrected chi connectivity index (χ4v) is 2.53. The first kappa shape index (κ1) is 12.4. The molecular weight excluding hydrogens is 217 g/mol. The second-order valence-corrected chi connectivity index (χ2v) is 4.13. The van der Waals surface area contributed by atoms with Crippen molar-refractivity contribution in [3.63, 3.8) is 0 Å². The van der Waals surface area contributed by atoms with E-state index in [0.717, 1.165) is 0 Å². The second-order valence-electron chi connectivity index (χ2n) is 4.13. The maximum absolute atomic E-state index is 12.2. The van der Waals surface area contributed by atoms with Crippen molar-refractivity contribution in [3.05, 3.63) is 0 Å². The third-order valence-corrected chi connectivity index (χ3v) is 3.27. The Labute approximate surface area is 115 Å². The molecule has 0 radical (unpaired) electrons. The van der Waals surface area contributed by atoms with E-state index < -0.39 is 24.1 Å². The first-order valence-corrected chi connectivity index (χ1v) is 3.79. The summed E-state index contributed by atoms with van der Waals surface area (Å²) in [5.74, 6) is 0. The van der Waals surface area contributed by atoms with Crippen LogP contribution in [-0.2, 0) is 0 Å². The van der Waals surface area contributed by atoms with Gasteiger partial charge < -0.3 is 12.9 Å². The van der Waals surface area contributed by atoms with Crippen LogP contribution in [-0.4, -0.2) is 13.4 Å². The molecule has 0 aromatic rings. The van der Waals surface area contributed by atoms with Crippen LogP contribution in [0.15, 0.2) is 0 Å². The summed E-state index contributed by atoms with van der Waals surface area (Å²) in [5.41, 5.74) is -1.25. The first-order valence-electron chi connectivity index (χ1n) is 3.79. The average Bonchev–Trinajstić information content (AvgIpc) is 1.46. The minimum atomic E-state index is -4.90. The average molecular weight is 224 g/mol. The summed E-state index contributed by atoms with van der Waals surface area (Å²) in [6, 6.07) is 0. The molecule has 0 amide bonds. The van der Waals surface area contributed by atoms with Crippen molar-refractivity contribution in [2.45, 2.75) is 31.0 Å². The Hall–Kier alpha value is 1.35. The largest absolute Gasteiger partial charge is 1.00 e. The SMILES string of the molecule is FC(F)C12CC([B-](F)(F)F)(C1)C2.[K+]. The molecule has 3 fully saturated rings. The normalized spacial score (nSPS) is 42.0. The number of hydrogen-bond acceptors (Lipinski definition) is 0. The van der Waals surface area contributed by atoms with E-state index in [2.05, 4.69) is 0 Å². The second kappa shape index (κ2) is 3.17. The van der Waals surface area contributed by atoms with E-state index in [1.807, 2.05) is 0 Å². The van der Waals surface area contributed by atoms with E-state index in [0.29, 0.717) is 0 Å². The summed E-state index contributed by atoms with van der Waals surface area (Å²) < 4.78 is 60.7. The topological polar surface area (TPSA) is 0 Å². The minimum Gasteiger partial charge on any atom is -0.449 e. The standard InChI is InChI=1S/C6H7BF5.K/c8-4(9)5-1-6(2-5,3-5)7(10,11)12;/h4H,1-3H2;/q-1;+1. The van der Waals surface area contributed by atoms with E-state index in [1.54, 1.807) is 0 Å². The fourth-order valence-electron chi connectivity index (χ4n) is 2.53. The van der Waals surface area contributed by atoms with Crippen LogP contribution < -0.4 is 51.4 Å². The summed E-state index contributed by atoms with van der Waals surface area (Å²) >= 11 is 0. The summed E-state index contributed by atoms with van der Waals surface area (Å²) in [5, 5.41) is -1.67. The maximum Gasteiger partial charge on any atom is 1.00 e. The molecule has 0 aromatic carbocycles. The quantitative estimate of drug-likeness (QED) is 0.458. The molecule has 3 rings (SSSR count). The Bertz CT molecular complexity index is 206. The molecule has 0 aliphatic heterocycles. The van der Waals surface area contributed by atoms with Gasteiger partial charge in [0.15, 0.2) is 0 Å². The Morgan fingerprint density at radius 2 is 1.38 bits per heavy atom. The smallest absolute Gasteiger partial charge is 0.449 e. The van der Waals surface area contributed by atoms with Crippen LogP contribution in [0.1, 0.15) is 19.3 Å². The Balaban J connectivity index is 0.000000845. The van der Waals surface area contributed by atoms with Crippen LogP contribution in [0.25, 0.3) is 0 Å². The van der Waals surface area contributed by atoms with E-state index in [-0.39, 0.29) is 70.6 Å². The predicted molar refractivity (Wildman–Crippen MR) is 34.1 cm³/mol. The van der Waals surface area contributed by atoms with E-state index in [4.69, 9.17) is 0 Å². The predicted octanol–water partition coefficient (Wildman–Crippen LogP) is 0.0272. The van der Waals surface area contributed by atoms with Gasteiger partial charge in [-0.1, -0.05) is 24.6 Å². The molecule has 2 bridgehead atoms. The summed E-state index contributed by atoms with van der Waals surface area (Å²) in [6.07, 6.45) is -3.57. The van der Waals surface area contributed by atoms with E-state index in [1.165, 1.54) is 0 Å². The molecule has 13 heavy (non-hydrogen) atoms. The molecule has 0 N–H and O–H groups in total. The molecule has 0 nitrogen and oxygen atoms in total. The van der Waals surface area contributed by atoms with E-state index >= 15 is 0 Å². The van der Waals surface area contributed by atoms with Crippen molar-refractivity contribution < 1.29 is 73.1 Å². The van der Waals surface area contributed by atoms with Gasteiger partial charge in [0.25, 0.3) is 0 Å². The van der Waals surface area contributed by atoms with Gasteiger partial charge in [-0.15, -0.1) is 0 Å².